The Morgan fingerprint density at radius 2 is 1.81 bits per heavy atom. The summed E-state index contributed by atoms with van der Waals surface area (Å²) in [4.78, 5) is 8.64. The summed E-state index contributed by atoms with van der Waals surface area (Å²) in [6.07, 6.45) is 0. The number of rotatable bonds is 3. The van der Waals surface area contributed by atoms with E-state index in [1.54, 1.807) is 18.2 Å². The topological polar surface area (TPSA) is 84.8 Å². The van der Waals surface area contributed by atoms with Crippen LogP contribution in [0.25, 0.3) is 10.9 Å². The number of nitrogen functional groups attached to an aromatic ring is 1. The maximum absolute atomic E-state index is 9.02. The summed E-state index contributed by atoms with van der Waals surface area (Å²) in [6, 6.07) is 16.7. The average Bonchev–Trinajstić information content (AvgIpc) is 2.53. The number of nitrogens with two attached hydrogens (primary N) is 1. The van der Waals surface area contributed by atoms with E-state index in [2.05, 4.69) is 16.0 Å². The second-order valence-corrected chi connectivity index (χ2v) is 4.44. The van der Waals surface area contributed by atoms with Crippen LogP contribution in [0.2, 0.25) is 0 Å². The smallest absolute Gasteiger partial charge is 0.168 e. The Kier molecular flexibility index (Phi) is 3.36. The van der Waals surface area contributed by atoms with E-state index < -0.39 is 0 Å². The van der Waals surface area contributed by atoms with Gasteiger partial charge in [0, 0.05) is 5.39 Å². The summed E-state index contributed by atoms with van der Waals surface area (Å²) >= 11 is 0. The average molecular weight is 276 g/mol. The first-order chi connectivity index (χ1) is 10.3. The SMILES string of the molecule is N#Cc1ccccc1OCc1nc(N)c2ccccc2n1. The second kappa shape index (κ2) is 5.47. The molecular weight excluding hydrogens is 264 g/mol. The first kappa shape index (κ1) is 12.9. The largest absolute Gasteiger partial charge is 0.484 e. The minimum absolute atomic E-state index is 0.160. The van der Waals surface area contributed by atoms with E-state index in [1.807, 2.05) is 30.3 Å². The van der Waals surface area contributed by atoms with Crippen molar-refractivity contribution in [2.24, 2.45) is 0 Å². The zero-order chi connectivity index (χ0) is 14.7. The van der Waals surface area contributed by atoms with Gasteiger partial charge < -0.3 is 10.5 Å². The number of nitrogens with zero attached hydrogens (tertiary/aromatic N) is 3. The van der Waals surface area contributed by atoms with Crippen molar-refractivity contribution in [2.75, 3.05) is 5.73 Å². The van der Waals surface area contributed by atoms with Crippen LogP contribution >= 0.6 is 0 Å². The number of benzene rings is 2. The van der Waals surface area contributed by atoms with Crippen molar-refractivity contribution in [3.8, 4) is 11.8 Å². The maximum Gasteiger partial charge on any atom is 0.168 e. The summed E-state index contributed by atoms with van der Waals surface area (Å²) in [5.74, 6) is 1.42. The molecule has 3 aromatic rings. The van der Waals surface area contributed by atoms with Crippen LogP contribution in [-0.2, 0) is 6.61 Å². The van der Waals surface area contributed by atoms with E-state index >= 15 is 0 Å². The number of nitriles is 1. The van der Waals surface area contributed by atoms with Crippen molar-refractivity contribution < 1.29 is 4.74 Å². The zero-order valence-corrected chi connectivity index (χ0v) is 11.2. The molecule has 0 aliphatic rings. The second-order valence-electron chi connectivity index (χ2n) is 4.44. The molecule has 2 aromatic carbocycles. The number of aromatic nitrogens is 2. The molecule has 5 nitrogen and oxygen atoms in total. The highest BCUT2D eigenvalue weighted by molar-refractivity contribution is 5.87. The molecule has 0 radical (unpaired) electrons. The van der Waals surface area contributed by atoms with Crippen LogP contribution in [0.5, 0.6) is 5.75 Å². The zero-order valence-electron chi connectivity index (χ0n) is 11.2. The van der Waals surface area contributed by atoms with Crippen molar-refractivity contribution in [2.45, 2.75) is 6.61 Å². The molecule has 2 N–H and O–H groups in total. The maximum atomic E-state index is 9.02. The number of anilines is 1. The van der Waals surface area contributed by atoms with Gasteiger partial charge in [-0.05, 0) is 24.3 Å². The molecule has 0 saturated heterocycles. The predicted octanol–water partition coefficient (Wildman–Crippen LogP) is 2.66. The molecule has 0 fully saturated rings. The van der Waals surface area contributed by atoms with Gasteiger partial charge in [-0.15, -0.1) is 0 Å². The summed E-state index contributed by atoms with van der Waals surface area (Å²) < 4.78 is 5.61. The predicted molar refractivity (Wildman–Crippen MR) is 79.4 cm³/mol. The molecule has 0 bridgehead atoms. The Hall–Kier alpha value is -3.13. The molecule has 0 spiro atoms. The molecular formula is C16H12N4O. The highest BCUT2D eigenvalue weighted by Crippen LogP contribution is 2.20. The summed E-state index contributed by atoms with van der Waals surface area (Å²) in [6.45, 7) is 0.160. The fourth-order valence-electron chi connectivity index (χ4n) is 2.04. The minimum Gasteiger partial charge on any atom is -0.484 e. The van der Waals surface area contributed by atoms with Crippen LogP contribution in [0.3, 0.4) is 0 Å². The first-order valence-electron chi connectivity index (χ1n) is 6.41. The third kappa shape index (κ3) is 2.60. The lowest BCUT2D eigenvalue weighted by Crippen LogP contribution is -2.05. The Balaban J connectivity index is 1.87. The molecule has 0 aliphatic carbocycles. The van der Waals surface area contributed by atoms with Crippen LogP contribution in [-0.4, -0.2) is 9.97 Å². The van der Waals surface area contributed by atoms with Gasteiger partial charge in [0.05, 0.1) is 11.1 Å². The van der Waals surface area contributed by atoms with Crippen LogP contribution in [0, 0.1) is 11.3 Å². The fraction of sp³-hybridized carbons (Fsp3) is 0.0625. The third-order valence-corrected chi connectivity index (χ3v) is 3.04. The lowest BCUT2D eigenvalue weighted by Gasteiger charge is -2.08. The molecule has 0 atom stereocenters. The van der Waals surface area contributed by atoms with E-state index in [-0.39, 0.29) is 6.61 Å². The van der Waals surface area contributed by atoms with Gasteiger partial charge in [-0.1, -0.05) is 24.3 Å². The van der Waals surface area contributed by atoms with Gasteiger partial charge >= 0.3 is 0 Å². The Labute approximate surface area is 121 Å². The molecule has 1 heterocycles. The standard InChI is InChI=1S/C16H12N4O/c17-9-11-5-1-4-8-14(11)21-10-15-19-13-7-3-2-6-12(13)16(18)20-15/h1-8H,10H2,(H2,18,19,20). The Morgan fingerprint density at radius 1 is 1.05 bits per heavy atom. The number of fused-ring (bicyclic) bond motifs is 1. The molecule has 1 aromatic heterocycles. The van der Waals surface area contributed by atoms with Gasteiger partial charge in [-0.2, -0.15) is 5.26 Å². The highest BCUT2D eigenvalue weighted by atomic mass is 16.5. The van der Waals surface area contributed by atoms with E-state index in [0.717, 1.165) is 10.9 Å². The van der Waals surface area contributed by atoms with Crippen LogP contribution in [0.4, 0.5) is 5.82 Å². The third-order valence-electron chi connectivity index (χ3n) is 3.04. The number of para-hydroxylation sites is 2. The molecule has 5 heteroatoms. The molecule has 0 aliphatic heterocycles. The van der Waals surface area contributed by atoms with E-state index in [9.17, 15) is 0 Å². The molecule has 102 valence electrons. The van der Waals surface area contributed by atoms with Gasteiger partial charge in [0.25, 0.3) is 0 Å². The van der Waals surface area contributed by atoms with Crippen molar-refractivity contribution in [1.29, 1.82) is 5.26 Å². The molecule has 0 unspecified atom stereocenters. The van der Waals surface area contributed by atoms with Gasteiger partial charge in [0.15, 0.2) is 5.82 Å². The summed E-state index contributed by atoms with van der Waals surface area (Å²) in [5, 5.41) is 9.84. The van der Waals surface area contributed by atoms with E-state index in [1.165, 1.54) is 0 Å². The van der Waals surface area contributed by atoms with Crippen molar-refractivity contribution in [3.05, 3.63) is 59.9 Å². The quantitative estimate of drug-likeness (QED) is 0.795. The van der Waals surface area contributed by atoms with Crippen molar-refractivity contribution in [3.63, 3.8) is 0 Å². The molecule has 0 amide bonds. The van der Waals surface area contributed by atoms with Crippen molar-refractivity contribution in [1.82, 2.24) is 9.97 Å². The first-order valence-corrected chi connectivity index (χ1v) is 6.41. The van der Waals surface area contributed by atoms with Gasteiger partial charge in [0.1, 0.15) is 24.2 Å². The van der Waals surface area contributed by atoms with E-state index in [0.29, 0.717) is 23.0 Å². The number of hydrogen-bond donors (Lipinski definition) is 1. The Morgan fingerprint density at radius 3 is 2.67 bits per heavy atom. The molecule has 3 rings (SSSR count). The molecule has 21 heavy (non-hydrogen) atoms. The monoisotopic (exact) mass is 276 g/mol. The van der Waals surface area contributed by atoms with Crippen LogP contribution < -0.4 is 10.5 Å². The number of hydrogen-bond acceptors (Lipinski definition) is 5. The van der Waals surface area contributed by atoms with Crippen molar-refractivity contribution >= 4 is 16.7 Å². The highest BCUT2D eigenvalue weighted by Gasteiger charge is 2.07. The van der Waals surface area contributed by atoms with Gasteiger partial charge in [0.2, 0.25) is 0 Å². The lowest BCUT2D eigenvalue weighted by atomic mass is 10.2. The minimum atomic E-state index is 0.160. The van der Waals surface area contributed by atoms with Crippen LogP contribution in [0.1, 0.15) is 11.4 Å². The van der Waals surface area contributed by atoms with Gasteiger partial charge in [-0.25, -0.2) is 9.97 Å². The normalized spacial score (nSPS) is 10.2. The van der Waals surface area contributed by atoms with Gasteiger partial charge in [-0.3, -0.25) is 0 Å². The Bertz CT molecular complexity index is 839. The summed E-state index contributed by atoms with van der Waals surface area (Å²) in [7, 11) is 0. The molecule has 0 saturated carbocycles. The van der Waals surface area contributed by atoms with E-state index in [4.69, 9.17) is 15.7 Å². The lowest BCUT2D eigenvalue weighted by molar-refractivity contribution is 0.295. The number of ether oxygens (including phenoxy) is 1. The van der Waals surface area contributed by atoms with Crippen LogP contribution in [0.15, 0.2) is 48.5 Å². The fourth-order valence-corrected chi connectivity index (χ4v) is 2.04. The summed E-state index contributed by atoms with van der Waals surface area (Å²) in [5.41, 5.74) is 7.18.